The summed E-state index contributed by atoms with van der Waals surface area (Å²) in [5, 5.41) is 30.1. The van der Waals surface area contributed by atoms with E-state index in [1.54, 1.807) is 36.5 Å². The normalized spacial score (nSPS) is 15.9. The number of aliphatic hydroxyl groups excluding tert-OH is 3. The van der Waals surface area contributed by atoms with Crippen LogP contribution in [0, 0.1) is 0 Å². The van der Waals surface area contributed by atoms with Gasteiger partial charge >= 0.3 is 27.6 Å². The molecule has 360 valence electrons. The van der Waals surface area contributed by atoms with Gasteiger partial charge in [-0.25, -0.2) is 9.13 Å². The first-order valence-electron chi connectivity index (χ1n) is 22.1. The molecule has 0 spiro atoms. The van der Waals surface area contributed by atoms with Crippen LogP contribution in [0.3, 0.4) is 0 Å². The van der Waals surface area contributed by atoms with Crippen LogP contribution in [0.4, 0.5) is 0 Å². The molecule has 0 rings (SSSR count). The minimum atomic E-state index is -4.90. The molecule has 0 aromatic heterocycles. The molecule has 0 amide bonds. The molecule has 0 saturated heterocycles. The van der Waals surface area contributed by atoms with Gasteiger partial charge < -0.3 is 39.5 Å². The third-order valence-corrected chi connectivity index (χ3v) is 10.1. The molecule has 0 radical (unpaired) electrons. The summed E-state index contributed by atoms with van der Waals surface area (Å²) in [7, 11) is -9.79. The summed E-state index contributed by atoms with van der Waals surface area (Å²) in [4.78, 5) is 52.7. The second kappa shape index (κ2) is 40.5. The van der Waals surface area contributed by atoms with E-state index in [9.17, 15) is 38.9 Å². The highest BCUT2D eigenvalue weighted by Crippen LogP contribution is 2.43. The first-order valence-corrected chi connectivity index (χ1v) is 25.2. The van der Waals surface area contributed by atoms with E-state index in [2.05, 4.69) is 77.6 Å². The van der Waals surface area contributed by atoms with E-state index in [4.69, 9.17) is 23.8 Å². The number of carbonyl (C=O) groups excluding carboxylic acids is 2. The lowest BCUT2D eigenvalue weighted by atomic mass is 10.1. The second-order valence-corrected chi connectivity index (χ2v) is 17.3. The van der Waals surface area contributed by atoms with E-state index >= 15 is 0 Å². The zero-order chi connectivity index (χ0) is 46.9. The molecule has 0 aliphatic rings. The van der Waals surface area contributed by atoms with Gasteiger partial charge in [-0.05, 0) is 77.0 Å². The predicted octanol–water partition coefficient (Wildman–Crippen LogP) is 9.28. The lowest BCUT2D eigenvalue weighted by Crippen LogP contribution is -2.30. The average Bonchev–Trinajstić information content (AvgIpc) is 3.23. The van der Waals surface area contributed by atoms with Crippen molar-refractivity contribution in [3.63, 3.8) is 0 Å². The maximum absolute atomic E-state index is 12.7. The summed E-state index contributed by atoms with van der Waals surface area (Å²) in [5.74, 6) is -1.31. The van der Waals surface area contributed by atoms with Crippen molar-refractivity contribution in [2.24, 2.45) is 0 Å². The van der Waals surface area contributed by atoms with Crippen molar-refractivity contribution in [1.82, 2.24) is 0 Å². The molecule has 5 atom stereocenters. The van der Waals surface area contributed by atoms with Crippen LogP contribution in [-0.4, -0.2) is 92.8 Å². The molecule has 0 aliphatic heterocycles. The number of allylic oxidation sites excluding steroid dienone is 13. The fraction of sp³-hybridized carbons (Fsp3) is 0.609. The van der Waals surface area contributed by atoms with E-state index in [-0.39, 0.29) is 25.7 Å². The Hall–Kier alpha value is -3.04. The molecule has 17 heteroatoms. The van der Waals surface area contributed by atoms with Crippen molar-refractivity contribution in [1.29, 1.82) is 0 Å². The maximum Gasteiger partial charge on any atom is 0.472 e. The summed E-state index contributed by atoms with van der Waals surface area (Å²) in [5.41, 5.74) is 0. The zero-order valence-corrected chi connectivity index (χ0v) is 39.1. The zero-order valence-electron chi connectivity index (χ0n) is 37.4. The number of aliphatic hydroxyl groups is 3. The standard InChI is InChI=1S/C46H76O15P2/c1-3-5-7-9-11-12-13-14-15-16-17-18-19-20-21-23-29-35-45(50)57-39-44(40-60-63(55,56)59-38-43(49)37-58-62(52,53)54)61-46(51)36-30-34-42(48)33-28-25-24-27-32-41(47)31-26-22-10-8-6-4-2/h5,7,11-12,14-15,17-18,22,24-28,32-33,41-44,47-49H,3-4,6,8-10,13,16,19-21,23,29-31,34-40H2,1-2H3,(H,55,56)(H2,52,53,54)/b7-5-,12-11-,15-14-,18-17-,25-24+,26-22-,32-27+,33-28-/t41-,42-,43-,44+/m0/s1. The molecule has 0 fully saturated rings. The predicted molar refractivity (Wildman–Crippen MR) is 246 cm³/mol. The quantitative estimate of drug-likeness (QED) is 0.0110. The molecule has 0 aromatic rings. The molecule has 15 nitrogen and oxygen atoms in total. The van der Waals surface area contributed by atoms with E-state index in [1.165, 1.54) is 12.8 Å². The van der Waals surface area contributed by atoms with Gasteiger partial charge in [0.2, 0.25) is 0 Å². The van der Waals surface area contributed by atoms with Crippen LogP contribution >= 0.6 is 15.6 Å². The highest BCUT2D eigenvalue weighted by molar-refractivity contribution is 7.47. The molecule has 0 aliphatic carbocycles. The van der Waals surface area contributed by atoms with Gasteiger partial charge in [0.05, 0.1) is 32.0 Å². The summed E-state index contributed by atoms with van der Waals surface area (Å²) >= 11 is 0. The largest absolute Gasteiger partial charge is 0.472 e. The Kier molecular flexibility index (Phi) is 38.5. The molecule has 0 heterocycles. The third-order valence-electron chi connectivity index (χ3n) is 8.64. The number of ether oxygens (including phenoxy) is 2. The Balaban J connectivity index is 4.83. The van der Waals surface area contributed by atoms with Crippen LogP contribution in [0.25, 0.3) is 0 Å². The SMILES string of the molecule is CC/C=C\C/C=C\C/C=C\C/C=C\CCCCCCC(=O)OC[C@H](COP(=O)(O)OC[C@@H](O)COP(=O)(O)O)OC(=O)CCC[C@@H](O)\C=C/C=C/C=C/[C@@H](O)C/C=C\CCCCC. The smallest absolute Gasteiger partial charge is 0.462 e. The molecule has 0 aromatic carbocycles. The lowest BCUT2D eigenvalue weighted by Gasteiger charge is -2.20. The Bertz CT molecular complexity index is 1510. The molecular weight excluding hydrogens is 854 g/mol. The van der Waals surface area contributed by atoms with Gasteiger partial charge in [0.25, 0.3) is 0 Å². The highest BCUT2D eigenvalue weighted by atomic mass is 31.2. The molecule has 0 bridgehead atoms. The number of unbranched alkanes of at least 4 members (excludes halogenated alkanes) is 7. The van der Waals surface area contributed by atoms with E-state index in [0.717, 1.165) is 64.2 Å². The molecule has 6 N–H and O–H groups in total. The summed E-state index contributed by atoms with van der Waals surface area (Å²) in [6.45, 7) is 1.26. The van der Waals surface area contributed by atoms with E-state index in [1.807, 2.05) is 6.08 Å². The minimum absolute atomic E-state index is 0.108. The van der Waals surface area contributed by atoms with Gasteiger partial charge in [0, 0.05) is 12.8 Å². The Morgan fingerprint density at radius 2 is 1.10 bits per heavy atom. The molecule has 0 saturated carbocycles. The van der Waals surface area contributed by atoms with Gasteiger partial charge in [-0.3, -0.25) is 23.2 Å². The van der Waals surface area contributed by atoms with Crippen molar-refractivity contribution in [2.75, 3.05) is 26.4 Å². The lowest BCUT2D eigenvalue weighted by molar-refractivity contribution is -0.161. The first-order chi connectivity index (χ1) is 30.2. The van der Waals surface area contributed by atoms with Crippen LogP contribution in [0.5, 0.6) is 0 Å². The van der Waals surface area contributed by atoms with Gasteiger partial charge in [0.15, 0.2) is 6.10 Å². The van der Waals surface area contributed by atoms with Gasteiger partial charge in [-0.15, -0.1) is 0 Å². The van der Waals surface area contributed by atoms with Crippen LogP contribution in [-0.2, 0) is 41.8 Å². The van der Waals surface area contributed by atoms with Gasteiger partial charge in [0.1, 0.15) is 12.7 Å². The van der Waals surface area contributed by atoms with Gasteiger partial charge in [-0.1, -0.05) is 137 Å². The minimum Gasteiger partial charge on any atom is -0.462 e. The van der Waals surface area contributed by atoms with Crippen molar-refractivity contribution in [2.45, 2.75) is 154 Å². The van der Waals surface area contributed by atoms with Gasteiger partial charge in [-0.2, -0.15) is 0 Å². The molecular formula is C46H76O15P2. The summed E-state index contributed by atoms with van der Waals surface area (Å²) in [6, 6.07) is 0. The van der Waals surface area contributed by atoms with Crippen LogP contribution < -0.4 is 0 Å². The number of phosphoric acid groups is 2. The number of hydrogen-bond donors (Lipinski definition) is 6. The fourth-order valence-corrected chi connectivity index (χ4v) is 6.39. The first kappa shape index (κ1) is 60.0. The molecule has 1 unspecified atom stereocenters. The fourth-order valence-electron chi connectivity index (χ4n) is 5.24. The summed E-state index contributed by atoms with van der Waals surface area (Å²) < 4.78 is 47.6. The van der Waals surface area contributed by atoms with Crippen LogP contribution in [0.15, 0.2) is 97.2 Å². The van der Waals surface area contributed by atoms with Crippen molar-refractivity contribution < 1.29 is 71.8 Å². The Morgan fingerprint density at radius 3 is 1.73 bits per heavy atom. The number of hydrogen-bond acceptors (Lipinski definition) is 12. The Labute approximate surface area is 375 Å². The van der Waals surface area contributed by atoms with E-state index < -0.39 is 78.4 Å². The number of rotatable bonds is 40. The van der Waals surface area contributed by atoms with Crippen LogP contribution in [0.1, 0.15) is 129 Å². The number of carbonyl (C=O) groups is 2. The number of phosphoric ester groups is 2. The third kappa shape index (κ3) is 44.0. The Morgan fingerprint density at radius 1 is 0.556 bits per heavy atom. The van der Waals surface area contributed by atoms with Crippen LogP contribution in [0.2, 0.25) is 0 Å². The topological polar surface area (TPSA) is 236 Å². The second-order valence-electron chi connectivity index (χ2n) is 14.6. The van der Waals surface area contributed by atoms with Crippen molar-refractivity contribution >= 4 is 27.6 Å². The molecule has 63 heavy (non-hydrogen) atoms. The summed E-state index contributed by atoms with van der Waals surface area (Å²) in [6.07, 6.45) is 40.2. The average molecular weight is 931 g/mol. The van der Waals surface area contributed by atoms with Crippen molar-refractivity contribution in [3.8, 4) is 0 Å². The van der Waals surface area contributed by atoms with Crippen molar-refractivity contribution in [3.05, 3.63) is 97.2 Å². The monoisotopic (exact) mass is 930 g/mol. The maximum atomic E-state index is 12.7. The highest BCUT2D eigenvalue weighted by Gasteiger charge is 2.28. The number of esters is 2. The van der Waals surface area contributed by atoms with E-state index in [0.29, 0.717) is 12.8 Å².